The molecule has 4 rings (SSSR count). The number of carbonyl (C=O) groups is 1. The Kier molecular flexibility index (Phi) is 8.52. The van der Waals surface area contributed by atoms with Crippen LogP contribution >= 0.6 is 0 Å². The number of ether oxygens (including phenoxy) is 3. The lowest BCUT2D eigenvalue weighted by molar-refractivity contribution is -0.190. The normalized spacial score (nSPS) is 18.2. The van der Waals surface area contributed by atoms with E-state index in [1.807, 2.05) is 24.3 Å². The highest BCUT2D eigenvalue weighted by Crippen LogP contribution is 2.31. The van der Waals surface area contributed by atoms with Crippen molar-refractivity contribution in [3.8, 4) is 5.75 Å². The Bertz CT molecular complexity index is 1060. The van der Waals surface area contributed by atoms with Crippen molar-refractivity contribution in [3.63, 3.8) is 0 Å². The molecule has 34 heavy (non-hydrogen) atoms. The third kappa shape index (κ3) is 6.35. The van der Waals surface area contributed by atoms with Crippen molar-refractivity contribution >= 4 is 16.7 Å². The third-order valence-electron chi connectivity index (χ3n) is 6.34. The molecule has 3 aromatic carbocycles. The van der Waals surface area contributed by atoms with Crippen LogP contribution < -0.4 is 10.1 Å². The van der Waals surface area contributed by atoms with Gasteiger partial charge in [-0.05, 0) is 53.4 Å². The van der Waals surface area contributed by atoms with Crippen LogP contribution in [0.3, 0.4) is 0 Å². The standard InChI is InChI=1S/C28H34N2O4/c1-29-27(31)18-30(17-21-8-4-3-5-9-21)15-7-12-28-33-19-23(20-34-28)25-11-6-10-22-16-24(32-2)13-14-26(22)25/h3-6,8-11,13-14,16,23,28H,7,12,15,17-20H2,1-2H3,(H,29,31). The number of nitrogens with zero attached hydrogens (tertiary/aromatic N) is 1. The molecule has 1 heterocycles. The van der Waals surface area contributed by atoms with Gasteiger partial charge in [-0.15, -0.1) is 0 Å². The number of carbonyl (C=O) groups excluding carboxylic acids is 1. The number of methoxy groups -OCH3 is 1. The Balaban J connectivity index is 1.29. The zero-order chi connectivity index (χ0) is 23.8. The van der Waals surface area contributed by atoms with Crippen LogP contribution in [-0.4, -0.2) is 57.6 Å². The summed E-state index contributed by atoms with van der Waals surface area (Å²) in [4.78, 5) is 14.1. The Hall–Kier alpha value is -2.93. The molecule has 6 nitrogen and oxygen atoms in total. The summed E-state index contributed by atoms with van der Waals surface area (Å²) in [6.45, 7) is 3.21. The van der Waals surface area contributed by atoms with Crippen molar-refractivity contribution in [2.24, 2.45) is 0 Å². The van der Waals surface area contributed by atoms with Crippen molar-refractivity contribution in [1.82, 2.24) is 10.2 Å². The number of likely N-dealkylation sites (N-methyl/N-ethyl adjacent to an activating group) is 1. The van der Waals surface area contributed by atoms with E-state index in [2.05, 4.69) is 52.7 Å². The first-order valence-electron chi connectivity index (χ1n) is 11.9. The fourth-order valence-corrected chi connectivity index (χ4v) is 4.48. The van der Waals surface area contributed by atoms with Crippen molar-refractivity contribution in [2.45, 2.75) is 31.6 Å². The van der Waals surface area contributed by atoms with Crippen LogP contribution in [0.25, 0.3) is 10.8 Å². The Morgan fingerprint density at radius 3 is 2.59 bits per heavy atom. The number of nitrogens with one attached hydrogen (secondary N) is 1. The minimum atomic E-state index is -0.204. The van der Waals surface area contributed by atoms with E-state index < -0.39 is 0 Å². The van der Waals surface area contributed by atoms with Gasteiger partial charge in [0.1, 0.15) is 5.75 Å². The summed E-state index contributed by atoms with van der Waals surface area (Å²) in [5, 5.41) is 5.10. The average molecular weight is 463 g/mol. The minimum Gasteiger partial charge on any atom is -0.497 e. The fraction of sp³-hybridized carbons (Fsp3) is 0.393. The van der Waals surface area contributed by atoms with Gasteiger partial charge in [-0.25, -0.2) is 0 Å². The van der Waals surface area contributed by atoms with Gasteiger partial charge in [0.2, 0.25) is 5.91 Å². The van der Waals surface area contributed by atoms with Gasteiger partial charge in [-0.1, -0.05) is 54.6 Å². The number of benzene rings is 3. The lowest BCUT2D eigenvalue weighted by Crippen LogP contribution is -2.36. The first-order chi connectivity index (χ1) is 16.7. The van der Waals surface area contributed by atoms with E-state index in [1.165, 1.54) is 16.5 Å². The molecule has 1 N–H and O–H groups in total. The number of hydrogen-bond acceptors (Lipinski definition) is 5. The lowest BCUT2D eigenvalue weighted by Gasteiger charge is -2.31. The summed E-state index contributed by atoms with van der Waals surface area (Å²) in [5.74, 6) is 1.09. The molecule has 0 bridgehead atoms. The molecule has 3 aromatic rings. The largest absolute Gasteiger partial charge is 0.497 e. The topological polar surface area (TPSA) is 60.0 Å². The van der Waals surface area contributed by atoms with Gasteiger partial charge < -0.3 is 19.5 Å². The van der Waals surface area contributed by atoms with Gasteiger partial charge in [0.25, 0.3) is 0 Å². The molecular weight excluding hydrogens is 428 g/mol. The van der Waals surface area contributed by atoms with E-state index in [4.69, 9.17) is 14.2 Å². The van der Waals surface area contributed by atoms with Gasteiger partial charge in [0.05, 0.1) is 26.9 Å². The number of hydrogen-bond donors (Lipinski definition) is 1. The average Bonchev–Trinajstić information content (AvgIpc) is 2.89. The SMILES string of the molecule is CNC(=O)CN(CCCC1OCC(c2cccc3cc(OC)ccc23)CO1)Cc1ccccc1. The zero-order valence-corrected chi connectivity index (χ0v) is 20.0. The highest BCUT2D eigenvalue weighted by Gasteiger charge is 2.25. The molecule has 0 spiro atoms. The molecule has 1 saturated heterocycles. The highest BCUT2D eigenvalue weighted by molar-refractivity contribution is 5.87. The van der Waals surface area contributed by atoms with Gasteiger partial charge >= 0.3 is 0 Å². The molecule has 6 heteroatoms. The predicted molar refractivity (Wildman–Crippen MR) is 134 cm³/mol. The lowest BCUT2D eigenvalue weighted by atomic mass is 9.94. The summed E-state index contributed by atoms with van der Waals surface area (Å²) >= 11 is 0. The summed E-state index contributed by atoms with van der Waals surface area (Å²) in [6.07, 6.45) is 1.50. The van der Waals surface area contributed by atoms with E-state index in [-0.39, 0.29) is 18.1 Å². The molecule has 1 amide bonds. The number of amides is 1. The first-order valence-corrected chi connectivity index (χ1v) is 11.9. The molecule has 0 unspecified atom stereocenters. The van der Waals surface area contributed by atoms with Gasteiger partial charge in [-0.3, -0.25) is 9.69 Å². The van der Waals surface area contributed by atoms with E-state index in [9.17, 15) is 4.79 Å². The molecule has 1 fully saturated rings. The fourth-order valence-electron chi connectivity index (χ4n) is 4.48. The molecule has 0 aromatic heterocycles. The monoisotopic (exact) mass is 462 g/mol. The molecule has 0 aliphatic carbocycles. The van der Waals surface area contributed by atoms with Gasteiger partial charge in [0, 0.05) is 19.5 Å². The summed E-state index contributed by atoms with van der Waals surface area (Å²) in [5.41, 5.74) is 2.45. The Morgan fingerprint density at radius 1 is 1.06 bits per heavy atom. The second-order valence-electron chi connectivity index (χ2n) is 8.74. The van der Waals surface area contributed by atoms with Crippen molar-refractivity contribution in [1.29, 1.82) is 0 Å². The Labute approximate surface area is 201 Å². The summed E-state index contributed by atoms with van der Waals surface area (Å²) in [6, 6.07) is 22.8. The predicted octanol–water partition coefficient (Wildman–Crippen LogP) is 4.33. The van der Waals surface area contributed by atoms with Gasteiger partial charge in [-0.2, -0.15) is 0 Å². The molecule has 1 aliphatic rings. The second kappa shape index (κ2) is 12.0. The van der Waals surface area contributed by atoms with Crippen LogP contribution in [0.5, 0.6) is 5.75 Å². The van der Waals surface area contributed by atoms with Crippen molar-refractivity contribution < 1.29 is 19.0 Å². The van der Waals surface area contributed by atoms with Crippen LogP contribution in [0.2, 0.25) is 0 Å². The number of fused-ring (bicyclic) bond motifs is 1. The second-order valence-corrected chi connectivity index (χ2v) is 8.74. The van der Waals surface area contributed by atoms with E-state index >= 15 is 0 Å². The Morgan fingerprint density at radius 2 is 1.85 bits per heavy atom. The first kappa shape index (κ1) is 24.2. The van der Waals surface area contributed by atoms with Gasteiger partial charge in [0.15, 0.2) is 6.29 Å². The van der Waals surface area contributed by atoms with Crippen LogP contribution in [0.1, 0.15) is 29.9 Å². The van der Waals surface area contributed by atoms with Crippen LogP contribution in [-0.2, 0) is 20.8 Å². The molecule has 0 saturated carbocycles. The van der Waals surface area contributed by atoms with Crippen LogP contribution in [0.4, 0.5) is 0 Å². The molecular formula is C28H34N2O4. The maximum absolute atomic E-state index is 12.0. The molecule has 0 atom stereocenters. The third-order valence-corrected chi connectivity index (χ3v) is 6.34. The number of rotatable bonds is 10. The van der Waals surface area contributed by atoms with E-state index in [1.54, 1.807) is 14.2 Å². The maximum Gasteiger partial charge on any atom is 0.233 e. The highest BCUT2D eigenvalue weighted by atomic mass is 16.7. The van der Waals surface area contributed by atoms with E-state index in [0.717, 1.165) is 37.1 Å². The van der Waals surface area contributed by atoms with E-state index in [0.29, 0.717) is 19.8 Å². The van der Waals surface area contributed by atoms with Crippen LogP contribution in [0.15, 0.2) is 66.7 Å². The quantitative estimate of drug-likeness (QED) is 0.486. The molecule has 0 radical (unpaired) electrons. The smallest absolute Gasteiger partial charge is 0.233 e. The summed E-state index contributed by atoms with van der Waals surface area (Å²) < 4.78 is 17.6. The van der Waals surface area contributed by atoms with Crippen molar-refractivity contribution in [2.75, 3.05) is 40.5 Å². The zero-order valence-electron chi connectivity index (χ0n) is 20.0. The van der Waals surface area contributed by atoms with Crippen LogP contribution in [0, 0.1) is 0 Å². The molecule has 180 valence electrons. The minimum absolute atomic E-state index is 0.0247. The van der Waals surface area contributed by atoms with Crippen molar-refractivity contribution in [3.05, 3.63) is 77.9 Å². The summed E-state index contributed by atoms with van der Waals surface area (Å²) in [7, 11) is 3.36. The maximum atomic E-state index is 12.0. The molecule has 1 aliphatic heterocycles.